The zero-order chi connectivity index (χ0) is 19.0. The van der Waals surface area contributed by atoms with Gasteiger partial charge in [0.1, 0.15) is 5.82 Å². The Morgan fingerprint density at radius 2 is 1.60 bits per heavy atom. The molecule has 0 unspecified atom stereocenters. The van der Waals surface area contributed by atoms with E-state index in [4.69, 9.17) is 11.6 Å². The number of nitrogens with one attached hydrogen (secondary N) is 1. The van der Waals surface area contributed by atoms with Crippen molar-refractivity contribution >= 4 is 27.4 Å². The molecule has 1 heterocycles. The third-order valence-electron chi connectivity index (χ3n) is 2.88. The Labute approximate surface area is 142 Å². The second-order valence-electron chi connectivity index (χ2n) is 4.67. The molecule has 0 fully saturated rings. The smallest absolute Gasteiger partial charge is 0.263 e. The van der Waals surface area contributed by atoms with Gasteiger partial charge in [0, 0.05) is 6.20 Å². The molecule has 2 rings (SSSR count). The van der Waals surface area contributed by atoms with Crippen LogP contribution in [0.4, 0.5) is 32.2 Å². The summed E-state index contributed by atoms with van der Waals surface area (Å²) in [5.41, 5.74) is -2.47. The Balaban J connectivity index is 2.34. The van der Waals surface area contributed by atoms with Crippen LogP contribution in [0.2, 0.25) is 5.02 Å². The van der Waals surface area contributed by atoms with Crippen LogP contribution in [-0.4, -0.2) is 13.4 Å². The van der Waals surface area contributed by atoms with Crippen LogP contribution in [0.3, 0.4) is 0 Å². The molecule has 12 heteroatoms. The topological polar surface area (TPSA) is 59.1 Å². The molecule has 0 radical (unpaired) electrons. The molecular formula is C13H7ClF6N2O2S. The summed E-state index contributed by atoms with van der Waals surface area (Å²) in [5, 5.41) is -0.695. The van der Waals surface area contributed by atoms with E-state index in [-0.39, 0.29) is 0 Å². The molecule has 0 saturated heterocycles. The SMILES string of the molecule is O=S(=O)(Nc1ccc(C(F)(F)F)cn1)c1ccc(Cl)c(C(F)(F)F)c1. The molecule has 1 aromatic heterocycles. The van der Waals surface area contributed by atoms with E-state index in [0.717, 1.165) is 18.2 Å². The van der Waals surface area contributed by atoms with E-state index in [9.17, 15) is 34.8 Å². The summed E-state index contributed by atoms with van der Waals surface area (Å²) in [6.45, 7) is 0. The number of hydrogen-bond donors (Lipinski definition) is 1. The van der Waals surface area contributed by atoms with E-state index in [1.54, 1.807) is 4.72 Å². The quantitative estimate of drug-likeness (QED) is 0.762. The first-order valence-electron chi connectivity index (χ1n) is 6.23. The maximum atomic E-state index is 12.8. The summed E-state index contributed by atoms with van der Waals surface area (Å²) in [4.78, 5) is 2.51. The first-order valence-corrected chi connectivity index (χ1v) is 8.09. The number of sulfonamides is 1. The lowest BCUT2D eigenvalue weighted by atomic mass is 10.2. The molecule has 0 atom stereocenters. The van der Waals surface area contributed by atoms with Crippen LogP contribution in [-0.2, 0) is 22.4 Å². The minimum atomic E-state index is -4.88. The lowest BCUT2D eigenvalue weighted by molar-refractivity contribution is -0.138. The molecule has 0 saturated carbocycles. The van der Waals surface area contributed by atoms with Gasteiger partial charge in [0.25, 0.3) is 10.0 Å². The lowest BCUT2D eigenvalue weighted by Crippen LogP contribution is -2.16. The number of anilines is 1. The maximum Gasteiger partial charge on any atom is 0.417 e. The maximum absolute atomic E-state index is 12.8. The molecule has 0 bridgehead atoms. The minimum Gasteiger partial charge on any atom is -0.263 e. The van der Waals surface area contributed by atoms with E-state index in [2.05, 4.69) is 4.98 Å². The Kier molecular flexibility index (Phi) is 4.92. The molecular weight excluding hydrogens is 398 g/mol. The molecule has 2 aromatic rings. The van der Waals surface area contributed by atoms with Crippen molar-refractivity contribution in [1.82, 2.24) is 4.98 Å². The summed E-state index contributed by atoms with van der Waals surface area (Å²) in [6.07, 6.45) is -9.15. The molecule has 0 aliphatic rings. The van der Waals surface area contributed by atoms with E-state index in [1.165, 1.54) is 0 Å². The van der Waals surface area contributed by atoms with Crippen molar-refractivity contribution in [3.8, 4) is 0 Å². The van der Waals surface area contributed by atoms with Gasteiger partial charge in [-0.3, -0.25) is 4.72 Å². The van der Waals surface area contributed by atoms with Gasteiger partial charge in [-0.05, 0) is 30.3 Å². The van der Waals surface area contributed by atoms with Gasteiger partial charge in [0.05, 0.1) is 21.0 Å². The van der Waals surface area contributed by atoms with Crippen LogP contribution in [0.1, 0.15) is 11.1 Å². The van der Waals surface area contributed by atoms with Gasteiger partial charge in [0.2, 0.25) is 0 Å². The summed E-state index contributed by atoms with van der Waals surface area (Å²) in [7, 11) is -4.51. The minimum absolute atomic E-state index is 0.314. The highest BCUT2D eigenvalue weighted by atomic mass is 35.5. The number of halogens is 7. The van der Waals surface area contributed by atoms with E-state index >= 15 is 0 Å². The number of pyridine rings is 1. The van der Waals surface area contributed by atoms with Crippen LogP contribution in [0.15, 0.2) is 41.4 Å². The van der Waals surface area contributed by atoms with Crippen molar-refractivity contribution in [1.29, 1.82) is 0 Å². The normalized spacial score (nSPS) is 12.9. The van der Waals surface area contributed by atoms with Crippen molar-refractivity contribution < 1.29 is 34.8 Å². The average molecular weight is 405 g/mol. The van der Waals surface area contributed by atoms with E-state index in [1.807, 2.05) is 0 Å². The molecule has 0 amide bonds. The number of aromatic nitrogens is 1. The highest BCUT2D eigenvalue weighted by Crippen LogP contribution is 2.36. The fourth-order valence-electron chi connectivity index (χ4n) is 1.71. The van der Waals surface area contributed by atoms with Crippen LogP contribution in [0.5, 0.6) is 0 Å². The number of nitrogens with zero attached hydrogens (tertiary/aromatic N) is 1. The summed E-state index contributed by atoms with van der Waals surface area (Å²) >= 11 is 5.40. The van der Waals surface area contributed by atoms with Gasteiger partial charge in [-0.15, -0.1) is 0 Å². The van der Waals surface area contributed by atoms with Gasteiger partial charge in [-0.25, -0.2) is 13.4 Å². The van der Waals surface area contributed by atoms with Gasteiger partial charge in [-0.2, -0.15) is 26.3 Å². The molecule has 1 aromatic carbocycles. The first kappa shape index (κ1) is 19.3. The molecule has 0 aliphatic heterocycles. The van der Waals surface area contributed by atoms with Crippen molar-refractivity contribution in [2.45, 2.75) is 17.2 Å². The Hall–Kier alpha value is -2.01. The van der Waals surface area contributed by atoms with Crippen LogP contribution in [0.25, 0.3) is 0 Å². The third-order valence-corrected chi connectivity index (χ3v) is 4.57. The highest BCUT2D eigenvalue weighted by Gasteiger charge is 2.35. The third kappa shape index (κ3) is 4.54. The number of rotatable bonds is 3. The summed E-state index contributed by atoms with van der Waals surface area (Å²) in [6, 6.07) is 3.20. The van der Waals surface area contributed by atoms with E-state index < -0.39 is 49.2 Å². The number of alkyl halides is 6. The second-order valence-corrected chi connectivity index (χ2v) is 6.76. The number of hydrogen-bond acceptors (Lipinski definition) is 3. The largest absolute Gasteiger partial charge is 0.417 e. The van der Waals surface area contributed by atoms with Crippen LogP contribution in [0, 0.1) is 0 Å². The van der Waals surface area contributed by atoms with Gasteiger partial charge in [-0.1, -0.05) is 11.6 Å². The van der Waals surface area contributed by atoms with E-state index in [0.29, 0.717) is 18.3 Å². The van der Waals surface area contributed by atoms with Crippen molar-refractivity contribution in [2.75, 3.05) is 4.72 Å². The summed E-state index contributed by atoms with van der Waals surface area (Å²) < 4.78 is 102. The monoisotopic (exact) mass is 404 g/mol. The van der Waals surface area contributed by atoms with Crippen molar-refractivity contribution in [2.24, 2.45) is 0 Å². The fraction of sp³-hybridized carbons (Fsp3) is 0.154. The zero-order valence-electron chi connectivity index (χ0n) is 11.8. The average Bonchev–Trinajstić information content (AvgIpc) is 2.45. The predicted octanol–water partition coefficient (Wildman–Crippen LogP) is 4.57. The molecule has 0 spiro atoms. The molecule has 4 nitrogen and oxygen atoms in total. The van der Waals surface area contributed by atoms with Gasteiger partial charge < -0.3 is 0 Å². The Morgan fingerprint density at radius 3 is 2.08 bits per heavy atom. The second kappa shape index (κ2) is 6.37. The first-order chi connectivity index (χ1) is 11.3. The van der Waals surface area contributed by atoms with Crippen LogP contribution < -0.4 is 4.72 Å². The van der Waals surface area contributed by atoms with Gasteiger partial charge in [0.15, 0.2) is 0 Å². The number of benzene rings is 1. The van der Waals surface area contributed by atoms with Crippen molar-refractivity contribution in [3.63, 3.8) is 0 Å². The van der Waals surface area contributed by atoms with Gasteiger partial charge >= 0.3 is 12.4 Å². The van der Waals surface area contributed by atoms with Crippen LogP contribution >= 0.6 is 11.6 Å². The van der Waals surface area contributed by atoms with Crippen molar-refractivity contribution in [3.05, 3.63) is 52.7 Å². The fourth-order valence-corrected chi connectivity index (χ4v) is 2.97. The molecule has 136 valence electrons. The molecule has 0 aliphatic carbocycles. The molecule has 1 N–H and O–H groups in total. The standard InChI is InChI=1S/C13H7ClF6N2O2S/c14-10-3-2-8(5-9(10)13(18,19)20)25(23,24)22-11-4-1-7(6-21-11)12(15,16)17/h1-6H,(H,21,22). The summed E-state index contributed by atoms with van der Waals surface area (Å²) in [5.74, 6) is -0.489. The predicted molar refractivity (Wildman–Crippen MR) is 76.5 cm³/mol. The Bertz CT molecular complexity index is 879. The zero-order valence-corrected chi connectivity index (χ0v) is 13.4. The Morgan fingerprint density at radius 1 is 0.960 bits per heavy atom. The lowest BCUT2D eigenvalue weighted by Gasteiger charge is -2.12. The highest BCUT2D eigenvalue weighted by molar-refractivity contribution is 7.92. The molecule has 25 heavy (non-hydrogen) atoms.